The molecule has 4 nitrogen and oxygen atoms in total. The number of carbonyl (C=O) groups is 1. The highest BCUT2D eigenvalue weighted by Gasteiger charge is 2.22. The van der Waals surface area contributed by atoms with Gasteiger partial charge in [0.2, 0.25) is 0 Å². The van der Waals surface area contributed by atoms with Crippen molar-refractivity contribution in [3.05, 3.63) is 65.9 Å². The molecule has 0 unspecified atom stereocenters. The maximum atomic E-state index is 13.0. The molecule has 0 N–H and O–H groups in total. The number of benzene rings is 2. The topological polar surface area (TPSA) is 56.1 Å². The molecule has 0 saturated carbocycles. The predicted molar refractivity (Wildman–Crippen MR) is 95.1 cm³/mol. The fourth-order valence-corrected chi connectivity index (χ4v) is 4.14. The van der Waals surface area contributed by atoms with Crippen molar-refractivity contribution in [2.24, 2.45) is 0 Å². The molecule has 3 aromatic rings. The van der Waals surface area contributed by atoms with Gasteiger partial charge in [0.15, 0.2) is 5.78 Å². The summed E-state index contributed by atoms with van der Waals surface area (Å²) in [6.45, 7) is 5.56. The standard InChI is InChI=1S/C19H19NO3S/c1-13(2)15-8-10-16(11-9-15)24(22,23)20-12-18(14(3)21)17-6-4-5-7-19(17)20/h4-13H,1-3H3. The van der Waals surface area contributed by atoms with E-state index in [4.69, 9.17) is 0 Å². The lowest BCUT2D eigenvalue weighted by molar-refractivity contribution is 0.101. The molecule has 3 rings (SSSR count). The number of rotatable bonds is 4. The number of hydrogen-bond donors (Lipinski definition) is 0. The molecule has 1 aromatic heterocycles. The molecule has 0 fully saturated rings. The minimum Gasteiger partial charge on any atom is -0.294 e. The Hall–Kier alpha value is -2.40. The lowest BCUT2D eigenvalue weighted by Crippen LogP contribution is -2.12. The zero-order valence-electron chi connectivity index (χ0n) is 13.9. The third kappa shape index (κ3) is 2.65. The second kappa shape index (κ2) is 5.91. The number of para-hydroxylation sites is 1. The molecule has 0 aliphatic carbocycles. The van der Waals surface area contributed by atoms with Gasteiger partial charge in [-0.1, -0.05) is 44.2 Å². The Morgan fingerprint density at radius 1 is 1.00 bits per heavy atom. The van der Waals surface area contributed by atoms with Crippen LogP contribution in [0, 0.1) is 0 Å². The molecule has 0 aliphatic heterocycles. The number of ketones is 1. The van der Waals surface area contributed by atoms with Crippen LogP contribution in [0.5, 0.6) is 0 Å². The summed E-state index contributed by atoms with van der Waals surface area (Å²) in [5, 5.41) is 0.646. The van der Waals surface area contributed by atoms with Crippen LogP contribution in [-0.4, -0.2) is 18.2 Å². The van der Waals surface area contributed by atoms with Gasteiger partial charge in [0.05, 0.1) is 10.4 Å². The van der Waals surface area contributed by atoms with E-state index in [2.05, 4.69) is 13.8 Å². The van der Waals surface area contributed by atoms with E-state index in [0.29, 0.717) is 22.4 Å². The zero-order valence-corrected chi connectivity index (χ0v) is 14.7. The number of nitrogens with zero attached hydrogens (tertiary/aromatic N) is 1. The van der Waals surface area contributed by atoms with Crippen LogP contribution in [0.4, 0.5) is 0 Å². The highest BCUT2D eigenvalue weighted by Crippen LogP contribution is 2.27. The van der Waals surface area contributed by atoms with Gasteiger partial charge in [0.25, 0.3) is 10.0 Å². The van der Waals surface area contributed by atoms with Gasteiger partial charge in [-0.3, -0.25) is 4.79 Å². The van der Waals surface area contributed by atoms with Crippen molar-refractivity contribution < 1.29 is 13.2 Å². The summed E-state index contributed by atoms with van der Waals surface area (Å²) >= 11 is 0. The summed E-state index contributed by atoms with van der Waals surface area (Å²) in [5.74, 6) is 0.175. The lowest BCUT2D eigenvalue weighted by Gasteiger charge is -2.10. The van der Waals surface area contributed by atoms with E-state index in [1.165, 1.54) is 17.1 Å². The molecular formula is C19H19NO3S. The molecule has 24 heavy (non-hydrogen) atoms. The third-order valence-electron chi connectivity index (χ3n) is 4.16. The summed E-state index contributed by atoms with van der Waals surface area (Å²) in [7, 11) is -3.76. The summed E-state index contributed by atoms with van der Waals surface area (Å²) in [4.78, 5) is 12.1. The average Bonchev–Trinajstić information content (AvgIpc) is 2.95. The second-order valence-corrected chi connectivity index (χ2v) is 7.96. The molecule has 0 spiro atoms. The van der Waals surface area contributed by atoms with E-state index in [-0.39, 0.29) is 10.7 Å². The van der Waals surface area contributed by atoms with Crippen molar-refractivity contribution in [1.29, 1.82) is 0 Å². The number of Topliss-reactive ketones (excluding diaryl/α,β-unsaturated/α-hetero) is 1. The molecule has 0 bridgehead atoms. The van der Waals surface area contributed by atoms with E-state index in [9.17, 15) is 13.2 Å². The number of carbonyl (C=O) groups excluding carboxylic acids is 1. The molecule has 0 aliphatic rings. The predicted octanol–water partition coefficient (Wildman–Crippen LogP) is 4.20. The molecule has 1 heterocycles. The minimum atomic E-state index is -3.76. The van der Waals surface area contributed by atoms with E-state index in [0.717, 1.165) is 5.56 Å². The normalized spacial score (nSPS) is 12.0. The SMILES string of the molecule is CC(=O)c1cn(S(=O)(=O)c2ccc(C(C)C)cc2)c2ccccc12. The van der Waals surface area contributed by atoms with Crippen LogP contribution in [0.2, 0.25) is 0 Å². The fourth-order valence-electron chi connectivity index (χ4n) is 2.77. The van der Waals surface area contributed by atoms with Gasteiger partial charge >= 0.3 is 0 Å². The summed E-state index contributed by atoms with van der Waals surface area (Å²) in [6, 6.07) is 13.9. The minimum absolute atomic E-state index is 0.157. The van der Waals surface area contributed by atoms with Gasteiger partial charge in [0.1, 0.15) is 0 Å². The molecule has 5 heteroatoms. The average molecular weight is 341 g/mol. The Balaban J connectivity index is 2.20. The van der Waals surface area contributed by atoms with Crippen molar-refractivity contribution in [2.75, 3.05) is 0 Å². The Labute approximate surface area is 141 Å². The third-order valence-corrected chi connectivity index (χ3v) is 5.85. The zero-order chi connectivity index (χ0) is 17.5. The molecule has 124 valence electrons. The number of fused-ring (bicyclic) bond motifs is 1. The van der Waals surface area contributed by atoms with Crippen LogP contribution in [0.1, 0.15) is 42.6 Å². The van der Waals surface area contributed by atoms with Crippen LogP contribution < -0.4 is 0 Å². The first-order valence-electron chi connectivity index (χ1n) is 7.79. The summed E-state index contributed by atoms with van der Waals surface area (Å²) < 4.78 is 27.2. The van der Waals surface area contributed by atoms with Crippen LogP contribution in [0.3, 0.4) is 0 Å². The monoisotopic (exact) mass is 341 g/mol. The van der Waals surface area contributed by atoms with Crippen molar-refractivity contribution in [2.45, 2.75) is 31.6 Å². The summed E-state index contributed by atoms with van der Waals surface area (Å²) in [6.07, 6.45) is 1.42. The van der Waals surface area contributed by atoms with Gasteiger partial charge in [-0.05, 0) is 36.6 Å². The Kier molecular flexibility index (Phi) is 4.05. The summed E-state index contributed by atoms with van der Waals surface area (Å²) in [5.41, 5.74) is 2.00. The first-order chi connectivity index (χ1) is 11.3. The molecular weight excluding hydrogens is 322 g/mol. The lowest BCUT2D eigenvalue weighted by atomic mass is 10.0. The van der Waals surface area contributed by atoms with Crippen molar-refractivity contribution in [3.8, 4) is 0 Å². The van der Waals surface area contributed by atoms with Crippen molar-refractivity contribution in [1.82, 2.24) is 3.97 Å². The molecule has 0 saturated heterocycles. The fraction of sp³-hybridized carbons (Fsp3) is 0.211. The Morgan fingerprint density at radius 2 is 1.62 bits per heavy atom. The highest BCUT2D eigenvalue weighted by molar-refractivity contribution is 7.90. The molecule has 0 radical (unpaired) electrons. The highest BCUT2D eigenvalue weighted by atomic mass is 32.2. The van der Waals surface area contributed by atoms with Crippen molar-refractivity contribution >= 4 is 26.7 Å². The molecule has 2 aromatic carbocycles. The quantitative estimate of drug-likeness (QED) is 0.668. The maximum Gasteiger partial charge on any atom is 0.268 e. The van der Waals surface area contributed by atoms with E-state index in [1.807, 2.05) is 12.1 Å². The first kappa shape index (κ1) is 16.5. The molecule has 0 amide bonds. The van der Waals surface area contributed by atoms with Crippen LogP contribution in [0.25, 0.3) is 10.9 Å². The van der Waals surface area contributed by atoms with Gasteiger partial charge in [-0.15, -0.1) is 0 Å². The second-order valence-electron chi connectivity index (χ2n) is 6.14. The van der Waals surface area contributed by atoms with E-state index < -0.39 is 10.0 Å². The molecule has 0 atom stereocenters. The van der Waals surface area contributed by atoms with Crippen LogP contribution in [-0.2, 0) is 10.0 Å². The van der Waals surface area contributed by atoms with Crippen LogP contribution in [0.15, 0.2) is 59.6 Å². The van der Waals surface area contributed by atoms with Crippen molar-refractivity contribution in [3.63, 3.8) is 0 Å². The van der Waals surface area contributed by atoms with E-state index >= 15 is 0 Å². The number of hydrogen-bond acceptors (Lipinski definition) is 3. The number of aromatic nitrogens is 1. The smallest absolute Gasteiger partial charge is 0.268 e. The maximum absolute atomic E-state index is 13.0. The van der Waals surface area contributed by atoms with Gasteiger partial charge in [-0.2, -0.15) is 0 Å². The largest absolute Gasteiger partial charge is 0.294 e. The van der Waals surface area contributed by atoms with Gasteiger partial charge < -0.3 is 0 Å². The van der Waals surface area contributed by atoms with Gasteiger partial charge in [-0.25, -0.2) is 12.4 Å². The Bertz CT molecular complexity index is 1010. The van der Waals surface area contributed by atoms with Crippen LogP contribution >= 0.6 is 0 Å². The van der Waals surface area contributed by atoms with Gasteiger partial charge in [0, 0.05) is 17.1 Å². The first-order valence-corrected chi connectivity index (χ1v) is 9.23. The Morgan fingerprint density at radius 3 is 2.21 bits per heavy atom. The van der Waals surface area contributed by atoms with E-state index in [1.54, 1.807) is 36.4 Å².